The highest BCUT2D eigenvalue weighted by atomic mass is 79.9. The van der Waals surface area contributed by atoms with E-state index in [0.717, 1.165) is 0 Å². The Hall–Kier alpha value is -0.680. The molecule has 0 amide bonds. The quantitative estimate of drug-likeness (QED) is 0.741. The average molecular weight is 316 g/mol. The molecule has 1 nitrogen and oxygen atoms in total. The highest BCUT2D eigenvalue weighted by Gasteiger charge is 2.31. The number of ether oxygens (including phenoxy) is 1. The van der Waals surface area contributed by atoms with Crippen LogP contribution in [0.3, 0.4) is 0 Å². The minimum atomic E-state index is -4.69. The highest BCUT2D eigenvalue weighted by molar-refractivity contribution is 9.10. The molecule has 0 bridgehead atoms. The molecule has 1 rings (SSSR count). The van der Waals surface area contributed by atoms with Crippen molar-refractivity contribution in [2.75, 3.05) is 5.88 Å². The Bertz CT molecular complexity index is 390. The first-order valence-electron chi connectivity index (χ1n) is 4.19. The lowest BCUT2D eigenvalue weighted by Gasteiger charge is -2.09. The summed E-state index contributed by atoms with van der Waals surface area (Å²) in [5.41, 5.74) is 0.578. The number of allylic oxidation sites excluding steroid dienone is 1. The van der Waals surface area contributed by atoms with Crippen molar-refractivity contribution in [3.63, 3.8) is 0 Å². The van der Waals surface area contributed by atoms with Gasteiger partial charge in [0.2, 0.25) is 0 Å². The second-order valence-electron chi connectivity index (χ2n) is 2.82. The zero-order valence-corrected chi connectivity index (χ0v) is 10.2. The lowest BCUT2D eigenvalue weighted by molar-refractivity contribution is -0.274. The smallest absolute Gasteiger partial charge is 0.406 e. The standard InChI is InChI=1S/C10H7BrClF3O/c11-8-4-7(2-1-3-12)5-9(6-8)16-10(13,14)15/h1-2,4-6H,3H2. The third-order valence-corrected chi connectivity index (χ3v) is 2.16. The minimum Gasteiger partial charge on any atom is -0.406 e. The molecule has 0 saturated heterocycles. The highest BCUT2D eigenvalue weighted by Crippen LogP contribution is 2.27. The Morgan fingerprint density at radius 2 is 2.00 bits per heavy atom. The van der Waals surface area contributed by atoms with Gasteiger partial charge in [-0.3, -0.25) is 0 Å². The van der Waals surface area contributed by atoms with Crippen LogP contribution in [0.25, 0.3) is 6.08 Å². The van der Waals surface area contributed by atoms with Crippen molar-refractivity contribution in [2.45, 2.75) is 6.36 Å². The maximum atomic E-state index is 12.0. The lowest BCUT2D eigenvalue weighted by Crippen LogP contribution is -2.17. The van der Waals surface area contributed by atoms with Gasteiger partial charge in [0.25, 0.3) is 0 Å². The van der Waals surface area contributed by atoms with E-state index in [9.17, 15) is 13.2 Å². The lowest BCUT2D eigenvalue weighted by atomic mass is 10.2. The fraction of sp³-hybridized carbons (Fsp3) is 0.200. The molecular formula is C10H7BrClF3O. The Kier molecular flexibility index (Phi) is 4.68. The number of rotatable bonds is 3. The van der Waals surface area contributed by atoms with Crippen LogP contribution >= 0.6 is 27.5 Å². The predicted molar refractivity (Wildman–Crippen MR) is 60.6 cm³/mol. The molecule has 16 heavy (non-hydrogen) atoms. The topological polar surface area (TPSA) is 9.23 Å². The van der Waals surface area contributed by atoms with Gasteiger partial charge in [-0.2, -0.15) is 0 Å². The molecule has 0 radical (unpaired) electrons. The van der Waals surface area contributed by atoms with Crippen LogP contribution in [0.15, 0.2) is 28.7 Å². The Morgan fingerprint density at radius 1 is 1.31 bits per heavy atom. The number of alkyl halides is 4. The molecule has 0 N–H and O–H groups in total. The molecule has 0 unspecified atom stereocenters. The summed E-state index contributed by atoms with van der Waals surface area (Å²) in [4.78, 5) is 0. The first-order chi connectivity index (χ1) is 7.40. The first-order valence-corrected chi connectivity index (χ1v) is 5.52. The molecule has 0 saturated carbocycles. The maximum absolute atomic E-state index is 12.0. The Labute approximate surface area is 104 Å². The van der Waals surface area contributed by atoms with Crippen molar-refractivity contribution >= 4 is 33.6 Å². The second kappa shape index (κ2) is 5.59. The van der Waals surface area contributed by atoms with Crippen LogP contribution in [-0.2, 0) is 0 Å². The molecule has 0 aliphatic carbocycles. The fourth-order valence-electron chi connectivity index (χ4n) is 1.05. The Balaban J connectivity index is 2.94. The molecule has 0 spiro atoms. The summed E-state index contributed by atoms with van der Waals surface area (Å²) < 4.78 is 40.2. The number of halogens is 5. The molecular weight excluding hydrogens is 308 g/mol. The van der Waals surface area contributed by atoms with Crippen LogP contribution in [0.1, 0.15) is 5.56 Å². The summed E-state index contributed by atoms with van der Waals surface area (Å²) >= 11 is 8.53. The van der Waals surface area contributed by atoms with Crippen molar-refractivity contribution < 1.29 is 17.9 Å². The van der Waals surface area contributed by atoms with E-state index in [0.29, 0.717) is 15.9 Å². The zero-order chi connectivity index (χ0) is 12.2. The fourth-order valence-corrected chi connectivity index (χ4v) is 1.63. The predicted octanol–water partition coefficient (Wildman–Crippen LogP) is 4.60. The Morgan fingerprint density at radius 3 is 2.56 bits per heavy atom. The summed E-state index contributed by atoms with van der Waals surface area (Å²) in [6, 6.07) is 4.18. The van der Waals surface area contributed by atoms with Crippen molar-refractivity contribution in [1.82, 2.24) is 0 Å². The van der Waals surface area contributed by atoms with Gasteiger partial charge in [-0.1, -0.05) is 28.1 Å². The number of benzene rings is 1. The third-order valence-electron chi connectivity index (χ3n) is 1.53. The third kappa shape index (κ3) is 4.90. The molecule has 1 aromatic carbocycles. The average Bonchev–Trinajstić information content (AvgIpc) is 2.10. The van der Waals surface area contributed by atoms with Crippen molar-refractivity contribution in [3.05, 3.63) is 34.3 Å². The van der Waals surface area contributed by atoms with E-state index in [-0.39, 0.29) is 5.75 Å². The van der Waals surface area contributed by atoms with Crippen LogP contribution in [0, 0.1) is 0 Å². The van der Waals surface area contributed by atoms with Gasteiger partial charge in [-0.25, -0.2) is 0 Å². The first kappa shape index (κ1) is 13.4. The van der Waals surface area contributed by atoms with E-state index in [1.54, 1.807) is 18.2 Å². The van der Waals surface area contributed by atoms with Gasteiger partial charge in [-0.15, -0.1) is 24.8 Å². The van der Waals surface area contributed by atoms with Gasteiger partial charge >= 0.3 is 6.36 Å². The summed E-state index contributed by atoms with van der Waals surface area (Å²) in [6.45, 7) is 0. The van der Waals surface area contributed by atoms with Crippen molar-refractivity contribution in [1.29, 1.82) is 0 Å². The largest absolute Gasteiger partial charge is 0.573 e. The monoisotopic (exact) mass is 314 g/mol. The zero-order valence-electron chi connectivity index (χ0n) is 7.89. The summed E-state index contributed by atoms with van der Waals surface area (Å²) in [6.07, 6.45) is -1.45. The van der Waals surface area contributed by atoms with E-state index in [1.165, 1.54) is 12.1 Å². The van der Waals surface area contributed by atoms with Gasteiger partial charge in [0.15, 0.2) is 0 Å². The van der Waals surface area contributed by atoms with E-state index < -0.39 is 6.36 Å². The van der Waals surface area contributed by atoms with Crippen LogP contribution < -0.4 is 4.74 Å². The van der Waals surface area contributed by atoms with Gasteiger partial charge in [0.05, 0.1) is 0 Å². The normalized spacial score (nSPS) is 12.1. The molecule has 0 aliphatic heterocycles. The van der Waals surface area contributed by atoms with Crippen LogP contribution in [0.2, 0.25) is 0 Å². The SMILES string of the molecule is FC(F)(F)Oc1cc(Br)cc(C=CCCl)c1. The number of hydrogen-bond donors (Lipinski definition) is 0. The molecule has 0 heterocycles. The van der Waals surface area contributed by atoms with Crippen molar-refractivity contribution in [3.8, 4) is 5.75 Å². The van der Waals surface area contributed by atoms with Gasteiger partial charge in [0.1, 0.15) is 5.75 Å². The molecule has 0 atom stereocenters. The summed E-state index contributed by atoms with van der Waals surface area (Å²) in [7, 11) is 0. The second-order valence-corrected chi connectivity index (χ2v) is 4.05. The maximum Gasteiger partial charge on any atom is 0.573 e. The van der Waals surface area contributed by atoms with Gasteiger partial charge < -0.3 is 4.74 Å². The van der Waals surface area contributed by atoms with E-state index in [2.05, 4.69) is 20.7 Å². The van der Waals surface area contributed by atoms with Crippen LogP contribution in [0.5, 0.6) is 5.75 Å². The van der Waals surface area contributed by atoms with Gasteiger partial charge in [0, 0.05) is 10.4 Å². The summed E-state index contributed by atoms with van der Waals surface area (Å²) in [5, 5.41) is 0. The molecule has 0 aliphatic rings. The van der Waals surface area contributed by atoms with Gasteiger partial charge in [-0.05, 0) is 23.8 Å². The van der Waals surface area contributed by atoms with E-state index in [1.807, 2.05) is 0 Å². The minimum absolute atomic E-state index is 0.268. The van der Waals surface area contributed by atoms with Crippen molar-refractivity contribution in [2.24, 2.45) is 0 Å². The summed E-state index contributed by atoms with van der Waals surface area (Å²) in [5.74, 6) is 0.0261. The molecule has 0 aromatic heterocycles. The molecule has 6 heteroatoms. The molecule has 0 fully saturated rings. The molecule has 88 valence electrons. The van der Waals surface area contributed by atoms with E-state index in [4.69, 9.17) is 11.6 Å². The van der Waals surface area contributed by atoms with Crippen LogP contribution in [-0.4, -0.2) is 12.2 Å². The van der Waals surface area contributed by atoms with E-state index >= 15 is 0 Å². The van der Waals surface area contributed by atoms with Crippen LogP contribution in [0.4, 0.5) is 13.2 Å². The number of hydrogen-bond acceptors (Lipinski definition) is 1. The molecule has 1 aromatic rings.